The summed E-state index contributed by atoms with van der Waals surface area (Å²) in [4.78, 5) is 13.8. The monoisotopic (exact) mass is 190 g/mol. The Labute approximate surface area is 83.9 Å². The number of hydrogen-bond donors (Lipinski definition) is 1. The van der Waals surface area contributed by atoms with Crippen molar-refractivity contribution in [1.82, 2.24) is 0 Å². The van der Waals surface area contributed by atoms with Gasteiger partial charge in [-0.15, -0.1) is 0 Å². The van der Waals surface area contributed by atoms with Crippen molar-refractivity contribution < 1.29 is 4.79 Å². The molecule has 1 aromatic rings. The molecule has 0 saturated carbocycles. The largest absolute Gasteiger partial charge is 0.383 e. The molecular weight excluding hydrogens is 176 g/mol. The topological polar surface area (TPSA) is 41.5 Å². The molecule has 0 bridgehead atoms. The SMILES string of the molecule is CC(C)CNc1ccccc1N=C=O. The highest BCUT2D eigenvalue weighted by molar-refractivity contribution is 5.68. The molecule has 0 aliphatic rings. The molecular formula is C11H14N2O. The third kappa shape index (κ3) is 3.04. The van der Waals surface area contributed by atoms with Crippen LogP contribution in [0.1, 0.15) is 13.8 Å². The van der Waals surface area contributed by atoms with Crippen LogP contribution in [0.4, 0.5) is 11.4 Å². The predicted molar refractivity (Wildman–Crippen MR) is 57.6 cm³/mol. The molecule has 0 heterocycles. The maximum absolute atomic E-state index is 10.1. The minimum absolute atomic E-state index is 0.559. The first-order valence-electron chi connectivity index (χ1n) is 4.65. The number of isocyanates is 1. The molecule has 0 amide bonds. The molecule has 0 saturated heterocycles. The molecule has 0 radical (unpaired) electrons. The fourth-order valence-corrected chi connectivity index (χ4v) is 1.08. The van der Waals surface area contributed by atoms with Gasteiger partial charge >= 0.3 is 0 Å². The van der Waals surface area contributed by atoms with E-state index in [0.717, 1.165) is 12.2 Å². The molecule has 0 aliphatic heterocycles. The van der Waals surface area contributed by atoms with Crippen LogP contribution in [0.5, 0.6) is 0 Å². The summed E-state index contributed by atoms with van der Waals surface area (Å²) in [5.41, 5.74) is 1.52. The van der Waals surface area contributed by atoms with Crippen LogP contribution in [-0.4, -0.2) is 12.6 Å². The Bertz CT molecular complexity index is 341. The highest BCUT2D eigenvalue weighted by Crippen LogP contribution is 2.23. The predicted octanol–water partition coefficient (Wildman–Crippen LogP) is 2.72. The van der Waals surface area contributed by atoms with E-state index >= 15 is 0 Å². The Balaban J connectivity index is 2.79. The average Bonchev–Trinajstić information content (AvgIpc) is 2.17. The first kappa shape index (κ1) is 10.5. The van der Waals surface area contributed by atoms with Gasteiger partial charge in [0, 0.05) is 6.54 Å². The van der Waals surface area contributed by atoms with E-state index in [4.69, 9.17) is 0 Å². The molecule has 0 atom stereocenters. The lowest BCUT2D eigenvalue weighted by molar-refractivity contribution is 0.565. The number of nitrogens with one attached hydrogen (secondary N) is 1. The van der Waals surface area contributed by atoms with Gasteiger partial charge in [-0.05, 0) is 18.1 Å². The number of hydrogen-bond acceptors (Lipinski definition) is 3. The molecule has 0 unspecified atom stereocenters. The molecule has 74 valence electrons. The molecule has 0 aromatic heterocycles. The van der Waals surface area contributed by atoms with Crippen molar-refractivity contribution in [2.75, 3.05) is 11.9 Å². The Hall–Kier alpha value is -1.60. The first-order chi connectivity index (χ1) is 6.74. The number of para-hydroxylation sites is 2. The fourth-order valence-electron chi connectivity index (χ4n) is 1.08. The summed E-state index contributed by atoms with van der Waals surface area (Å²) in [5, 5.41) is 3.22. The normalized spacial score (nSPS) is 9.64. The van der Waals surface area contributed by atoms with Crippen LogP contribution < -0.4 is 5.32 Å². The van der Waals surface area contributed by atoms with E-state index in [1.165, 1.54) is 0 Å². The lowest BCUT2D eigenvalue weighted by Gasteiger charge is -2.09. The van der Waals surface area contributed by atoms with Gasteiger partial charge in [0.15, 0.2) is 0 Å². The summed E-state index contributed by atoms with van der Waals surface area (Å²) in [7, 11) is 0. The molecule has 1 aromatic carbocycles. The van der Waals surface area contributed by atoms with Crippen LogP contribution in [0, 0.1) is 5.92 Å². The Morgan fingerprint density at radius 1 is 1.43 bits per heavy atom. The minimum atomic E-state index is 0.559. The van der Waals surface area contributed by atoms with Gasteiger partial charge in [-0.3, -0.25) is 0 Å². The molecule has 1 N–H and O–H groups in total. The maximum Gasteiger partial charge on any atom is 0.240 e. The second-order valence-electron chi connectivity index (χ2n) is 3.49. The number of rotatable bonds is 4. The minimum Gasteiger partial charge on any atom is -0.383 e. The number of anilines is 1. The van der Waals surface area contributed by atoms with Gasteiger partial charge in [0.2, 0.25) is 6.08 Å². The van der Waals surface area contributed by atoms with Gasteiger partial charge in [-0.25, -0.2) is 4.79 Å². The van der Waals surface area contributed by atoms with Crippen LogP contribution in [0.2, 0.25) is 0 Å². The zero-order chi connectivity index (χ0) is 10.4. The summed E-state index contributed by atoms with van der Waals surface area (Å²) >= 11 is 0. The van der Waals surface area contributed by atoms with Crippen molar-refractivity contribution in [2.24, 2.45) is 10.9 Å². The van der Waals surface area contributed by atoms with Crippen molar-refractivity contribution >= 4 is 17.5 Å². The second-order valence-corrected chi connectivity index (χ2v) is 3.49. The van der Waals surface area contributed by atoms with E-state index in [-0.39, 0.29) is 0 Å². The van der Waals surface area contributed by atoms with E-state index in [1.807, 2.05) is 18.2 Å². The van der Waals surface area contributed by atoms with E-state index < -0.39 is 0 Å². The highest BCUT2D eigenvalue weighted by Gasteiger charge is 1.99. The Morgan fingerprint density at radius 2 is 2.14 bits per heavy atom. The van der Waals surface area contributed by atoms with Crippen LogP contribution in [0.15, 0.2) is 29.3 Å². The second kappa shape index (κ2) is 5.20. The number of nitrogens with zero attached hydrogens (tertiary/aromatic N) is 1. The summed E-state index contributed by atoms with van der Waals surface area (Å²) in [5.74, 6) is 0.559. The zero-order valence-corrected chi connectivity index (χ0v) is 8.45. The summed E-state index contributed by atoms with van der Waals surface area (Å²) in [6.07, 6.45) is 1.55. The van der Waals surface area contributed by atoms with Crippen molar-refractivity contribution in [3.05, 3.63) is 24.3 Å². The zero-order valence-electron chi connectivity index (χ0n) is 8.45. The Morgan fingerprint density at radius 3 is 2.79 bits per heavy atom. The molecule has 0 fully saturated rings. The van der Waals surface area contributed by atoms with Gasteiger partial charge in [0.05, 0.1) is 11.4 Å². The molecule has 0 aliphatic carbocycles. The van der Waals surface area contributed by atoms with Crippen molar-refractivity contribution in [2.45, 2.75) is 13.8 Å². The average molecular weight is 190 g/mol. The first-order valence-corrected chi connectivity index (χ1v) is 4.65. The van der Waals surface area contributed by atoms with E-state index in [1.54, 1.807) is 12.1 Å². The van der Waals surface area contributed by atoms with Gasteiger partial charge in [0.1, 0.15) is 0 Å². The maximum atomic E-state index is 10.1. The van der Waals surface area contributed by atoms with Crippen molar-refractivity contribution in [3.63, 3.8) is 0 Å². The number of carbonyl (C=O) groups excluding carboxylic acids is 1. The molecule has 3 heteroatoms. The third-order valence-corrected chi connectivity index (χ3v) is 1.77. The van der Waals surface area contributed by atoms with Gasteiger partial charge in [0.25, 0.3) is 0 Å². The van der Waals surface area contributed by atoms with Crippen LogP contribution in [0.25, 0.3) is 0 Å². The summed E-state index contributed by atoms with van der Waals surface area (Å²) in [6, 6.07) is 7.44. The lowest BCUT2D eigenvalue weighted by atomic mass is 10.2. The van der Waals surface area contributed by atoms with Crippen LogP contribution >= 0.6 is 0 Å². The number of benzene rings is 1. The fraction of sp³-hybridized carbons (Fsp3) is 0.364. The van der Waals surface area contributed by atoms with Gasteiger partial charge in [-0.2, -0.15) is 4.99 Å². The van der Waals surface area contributed by atoms with Crippen LogP contribution in [0.3, 0.4) is 0 Å². The van der Waals surface area contributed by atoms with E-state index in [2.05, 4.69) is 24.2 Å². The quantitative estimate of drug-likeness (QED) is 0.586. The van der Waals surface area contributed by atoms with E-state index in [0.29, 0.717) is 11.6 Å². The molecule has 14 heavy (non-hydrogen) atoms. The van der Waals surface area contributed by atoms with Crippen LogP contribution in [-0.2, 0) is 4.79 Å². The molecule has 0 spiro atoms. The summed E-state index contributed by atoms with van der Waals surface area (Å²) < 4.78 is 0. The van der Waals surface area contributed by atoms with Crippen molar-refractivity contribution in [1.29, 1.82) is 0 Å². The van der Waals surface area contributed by atoms with Gasteiger partial charge in [-0.1, -0.05) is 26.0 Å². The van der Waals surface area contributed by atoms with Gasteiger partial charge < -0.3 is 5.32 Å². The Kier molecular flexibility index (Phi) is 3.89. The lowest BCUT2D eigenvalue weighted by Crippen LogP contribution is -2.07. The molecule has 3 nitrogen and oxygen atoms in total. The van der Waals surface area contributed by atoms with Crippen molar-refractivity contribution in [3.8, 4) is 0 Å². The number of aliphatic imine (C=N–C) groups is 1. The smallest absolute Gasteiger partial charge is 0.240 e. The highest BCUT2D eigenvalue weighted by atomic mass is 16.1. The molecule has 1 rings (SSSR count). The van der Waals surface area contributed by atoms with E-state index in [9.17, 15) is 4.79 Å². The third-order valence-electron chi connectivity index (χ3n) is 1.77. The standard InChI is InChI=1S/C11H14N2O/c1-9(2)7-12-10-5-3-4-6-11(10)13-8-14/h3-6,9,12H,7H2,1-2H3. The summed E-state index contributed by atoms with van der Waals surface area (Å²) in [6.45, 7) is 5.11.